The van der Waals surface area contributed by atoms with E-state index in [1.54, 1.807) is 5.41 Å². The average Bonchev–Trinajstić information content (AvgIpc) is 2.87. The third-order valence-corrected chi connectivity index (χ3v) is 3.97. The van der Waals surface area contributed by atoms with Crippen LogP contribution in [0.25, 0.3) is 0 Å². The van der Waals surface area contributed by atoms with Gasteiger partial charge in [-0.25, -0.2) is 0 Å². The van der Waals surface area contributed by atoms with E-state index in [4.69, 9.17) is 0 Å². The summed E-state index contributed by atoms with van der Waals surface area (Å²) in [5, 5.41) is 13.7. The Bertz CT molecular complexity index is 566. The highest BCUT2D eigenvalue weighted by molar-refractivity contribution is 8.02. The van der Waals surface area contributed by atoms with Gasteiger partial charge >= 0.3 is 0 Å². The minimum Gasteiger partial charge on any atom is -0.297 e. The molecule has 0 bridgehead atoms. The van der Waals surface area contributed by atoms with Crippen LogP contribution in [0.2, 0.25) is 0 Å². The van der Waals surface area contributed by atoms with Crippen LogP contribution in [0, 0.1) is 0 Å². The number of thioether (sulfide) groups is 1. The maximum Gasteiger partial charge on any atom is 0.250 e. The SMILES string of the molecule is CCc1nnc(NC(=O)C=CSc2ccccc2)s1. The Hall–Kier alpha value is -1.66. The number of carbonyl (C=O) groups is 1. The fourth-order valence-corrected chi connectivity index (χ4v) is 2.61. The molecule has 0 fully saturated rings. The van der Waals surface area contributed by atoms with Crippen molar-refractivity contribution < 1.29 is 4.79 Å². The second-order valence-corrected chi connectivity index (χ2v) is 5.62. The third kappa shape index (κ3) is 4.50. The number of nitrogens with zero attached hydrogens (tertiary/aromatic N) is 2. The molecule has 0 saturated heterocycles. The number of nitrogens with one attached hydrogen (secondary N) is 1. The summed E-state index contributed by atoms with van der Waals surface area (Å²) in [4.78, 5) is 12.7. The van der Waals surface area contributed by atoms with Crippen molar-refractivity contribution in [1.29, 1.82) is 0 Å². The number of carbonyl (C=O) groups excluding carboxylic acids is 1. The maximum absolute atomic E-state index is 11.6. The average molecular weight is 291 g/mol. The smallest absolute Gasteiger partial charge is 0.250 e. The van der Waals surface area contributed by atoms with E-state index in [2.05, 4.69) is 15.5 Å². The van der Waals surface area contributed by atoms with Crippen LogP contribution in [0.15, 0.2) is 46.7 Å². The number of benzene rings is 1. The minimum atomic E-state index is -0.192. The van der Waals surface area contributed by atoms with Crippen molar-refractivity contribution in [2.75, 3.05) is 5.32 Å². The molecule has 0 radical (unpaired) electrons. The first-order valence-corrected chi connectivity index (χ1v) is 7.49. The highest BCUT2D eigenvalue weighted by Gasteiger charge is 2.04. The van der Waals surface area contributed by atoms with E-state index in [0.29, 0.717) is 5.13 Å². The number of hydrogen-bond donors (Lipinski definition) is 1. The van der Waals surface area contributed by atoms with Gasteiger partial charge in [0, 0.05) is 11.0 Å². The van der Waals surface area contributed by atoms with E-state index in [9.17, 15) is 4.79 Å². The second kappa shape index (κ2) is 7.06. The van der Waals surface area contributed by atoms with Gasteiger partial charge in [0.25, 0.3) is 5.91 Å². The first kappa shape index (κ1) is 13.8. The lowest BCUT2D eigenvalue weighted by atomic mass is 10.4. The zero-order valence-electron chi connectivity index (χ0n) is 10.4. The third-order valence-electron chi connectivity index (χ3n) is 2.17. The van der Waals surface area contributed by atoms with Gasteiger partial charge in [-0.2, -0.15) is 0 Å². The molecule has 1 aromatic carbocycles. The Morgan fingerprint density at radius 2 is 2.16 bits per heavy atom. The Morgan fingerprint density at radius 1 is 1.37 bits per heavy atom. The van der Waals surface area contributed by atoms with Crippen molar-refractivity contribution in [2.24, 2.45) is 0 Å². The number of aromatic nitrogens is 2. The molecule has 1 N–H and O–H groups in total. The van der Waals surface area contributed by atoms with E-state index in [1.807, 2.05) is 37.3 Å². The van der Waals surface area contributed by atoms with E-state index < -0.39 is 0 Å². The molecule has 98 valence electrons. The fourth-order valence-electron chi connectivity index (χ4n) is 1.27. The molecule has 6 heteroatoms. The quantitative estimate of drug-likeness (QED) is 0.678. The molecular formula is C13H13N3OS2. The van der Waals surface area contributed by atoms with Gasteiger partial charge in [-0.05, 0) is 24.0 Å². The van der Waals surface area contributed by atoms with E-state index >= 15 is 0 Å². The number of anilines is 1. The molecule has 0 aliphatic carbocycles. The molecule has 1 amide bonds. The van der Waals surface area contributed by atoms with Crippen LogP contribution in [-0.4, -0.2) is 16.1 Å². The molecule has 0 atom stereocenters. The lowest BCUT2D eigenvalue weighted by molar-refractivity contribution is -0.111. The summed E-state index contributed by atoms with van der Waals surface area (Å²) < 4.78 is 0. The fraction of sp³-hybridized carbons (Fsp3) is 0.154. The number of hydrogen-bond acceptors (Lipinski definition) is 5. The molecule has 1 heterocycles. The van der Waals surface area contributed by atoms with Crippen LogP contribution >= 0.6 is 23.1 Å². The summed E-state index contributed by atoms with van der Waals surface area (Å²) in [6.07, 6.45) is 2.32. The van der Waals surface area contributed by atoms with Gasteiger partial charge in [-0.3, -0.25) is 10.1 Å². The first-order valence-electron chi connectivity index (χ1n) is 5.79. The summed E-state index contributed by atoms with van der Waals surface area (Å²) in [6, 6.07) is 9.87. The van der Waals surface area contributed by atoms with Gasteiger partial charge < -0.3 is 0 Å². The van der Waals surface area contributed by atoms with Gasteiger partial charge in [-0.15, -0.1) is 10.2 Å². The van der Waals surface area contributed by atoms with Crippen molar-refractivity contribution in [3.8, 4) is 0 Å². The van der Waals surface area contributed by atoms with Crippen LogP contribution in [-0.2, 0) is 11.2 Å². The number of aryl methyl sites for hydroxylation is 1. The number of rotatable bonds is 5. The van der Waals surface area contributed by atoms with Crippen LogP contribution in [0.4, 0.5) is 5.13 Å². The van der Waals surface area contributed by atoms with Crippen molar-refractivity contribution in [3.05, 3.63) is 46.8 Å². The Labute approximate surface area is 120 Å². The standard InChI is InChI=1S/C13H13N3OS2/c1-2-12-15-16-13(19-12)14-11(17)8-9-18-10-6-4-3-5-7-10/h3-9H,2H2,1H3,(H,14,16,17). The van der Waals surface area contributed by atoms with Gasteiger partial charge in [0.05, 0.1) is 0 Å². The van der Waals surface area contributed by atoms with Gasteiger partial charge in [0.1, 0.15) is 5.01 Å². The molecule has 0 unspecified atom stereocenters. The van der Waals surface area contributed by atoms with Crippen LogP contribution < -0.4 is 5.32 Å². The predicted octanol–water partition coefficient (Wildman–Crippen LogP) is 3.35. The van der Waals surface area contributed by atoms with Crippen molar-refractivity contribution in [2.45, 2.75) is 18.2 Å². The van der Waals surface area contributed by atoms with Gasteiger partial charge in [0.15, 0.2) is 0 Å². The zero-order valence-corrected chi connectivity index (χ0v) is 12.0. The van der Waals surface area contributed by atoms with Crippen LogP contribution in [0.3, 0.4) is 0 Å². The lowest BCUT2D eigenvalue weighted by Crippen LogP contribution is -2.07. The molecule has 1 aromatic heterocycles. The van der Waals surface area contributed by atoms with Gasteiger partial charge in [0.2, 0.25) is 5.13 Å². The van der Waals surface area contributed by atoms with E-state index in [1.165, 1.54) is 29.2 Å². The van der Waals surface area contributed by atoms with Crippen molar-refractivity contribution >= 4 is 34.1 Å². The first-order chi connectivity index (χ1) is 9.28. The molecule has 2 rings (SSSR count). The summed E-state index contributed by atoms with van der Waals surface area (Å²) in [7, 11) is 0. The molecule has 0 saturated carbocycles. The largest absolute Gasteiger partial charge is 0.297 e. The van der Waals surface area contributed by atoms with E-state index in [-0.39, 0.29) is 5.91 Å². The molecule has 19 heavy (non-hydrogen) atoms. The molecule has 2 aromatic rings. The molecular weight excluding hydrogens is 278 g/mol. The Kier molecular flexibility index (Phi) is 5.11. The summed E-state index contributed by atoms with van der Waals surface area (Å²) in [5.41, 5.74) is 0. The highest BCUT2D eigenvalue weighted by atomic mass is 32.2. The molecule has 0 aliphatic rings. The Balaban J connectivity index is 1.84. The monoisotopic (exact) mass is 291 g/mol. The lowest BCUT2D eigenvalue weighted by Gasteiger charge is -1.95. The van der Waals surface area contributed by atoms with Crippen molar-refractivity contribution in [3.63, 3.8) is 0 Å². The maximum atomic E-state index is 11.6. The normalized spacial score (nSPS) is 10.8. The molecule has 4 nitrogen and oxygen atoms in total. The molecule has 0 aliphatic heterocycles. The van der Waals surface area contributed by atoms with Crippen LogP contribution in [0.1, 0.15) is 11.9 Å². The van der Waals surface area contributed by atoms with Gasteiger partial charge in [-0.1, -0.05) is 48.2 Å². The topological polar surface area (TPSA) is 54.9 Å². The van der Waals surface area contributed by atoms with E-state index in [0.717, 1.165) is 16.3 Å². The second-order valence-electron chi connectivity index (χ2n) is 3.58. The summed E-state index contributed by atoms with van der Waals surface area (Å²) >= 11 is 2.89. The Morgan fingerprint density at radius 3 is 2.84 bits per heavy atom. The van der Waals surface area contributed by atoms with Crippen LogP contribution in [0.5, 0.6) is 0 Å². The minimum absolute atomic E-state index is 0.192. The molecule has 0 spiro atoms. The predicted molar refractivity (Wildman–Crippen MR) is 79.4 cm³/mol. The summed E-state index contributed by atoms with van der Waals surface area (Å²) in [6.45, 7) is 2.00. The highest BCUT2D eigenvalue weighted by Crippen LogP contribution is 2.18. The number of amides is 1. The summed E-state index contributed by atoms with van der Waals surface area (Å²) in [5.74, 6) is -0.192. The zero-order chi connectivity index (χ0) is 13.5. The van der Waals surface area contributed by atoms with Crippen molar-refractivity contribution in [1.82, 2.24) is 10.2 Å².